The Hall–Kier alpha value is -1.72. The summed E-state index contributed by atoms with van der Waals surface area (Å²) in [6.45, 7) is 3.08. The molecule has 0 bridgehead atoms. The standard InChI is InChI=1S/C8H6F3NO2/c1-12-6-4-5(2-3-7(6)13)14-8(9,10)11/h2-4,13H,1H2. The maximum absolute atomic E-state index is 11.7. The van der Waals surface area contributed by atoms with E-state index in [1.165, 1.54) is 0 Å². The highest BCUT2D eigenvalue weighted by Crippen LogP contribution is 2.32. The van der Waals surface area contributed by atoms with E-state index in [0.717, 1.165) is 18.2 Å². The van der Waals surface area contributed by atoms with Crippen LogP contribution in [0.2, 0.25) is 0 Å². The predicted octanol–water partition coefficient (Wildman–Crippen LogP) is 2.62. The molecule has 6 heteroatoms. The number of phenolic OH excluding ortho intramolecular Hbond substituents is 1. The number of phenols is 1. The van der Waals surface area contributed by atoms with Crippen molar-refractivity contribution >= 4 is 12.4 Å². The molecule has 0 atom stereocenters. The summed E-state index contributed by atoms with van der Waals surface area (Å²) >= 11 is 0. The molecule has 0 saturated carbocycles. The van der Waals surface area contributed by atoms with Crippen molar-refractivity contribution in [3.63, 3.8) is 0 Å². The number of rotatable bonds is 2. The van der Waals surface area contributed by atoms with E-state index in [9.17, 15) is 13.2 Å². The largest absolute Gasteiger partial charge is 0.573 e. The number of hydrogen-bond acceptors (Lipinski definition) is 3. The monoisotopic (exact) mass is 205 g/mol. The van der Waals surface area contributed by atoms with Gasteiger partial charge in [0.15, 0.2) is 0 Å². The summed E-state index contributed by atoms with van der Waals surface area (Å²) in [6, 6.07) is 2.97. The lowest BCUT2D eigenvalue weighted by atomic mass is 10.3. The summed E-state index contributed by atoms with van der Waals surface area (Å²) in [5, 5.41) is 9.06. The number of nitrogens with zero attached hydrogens (tertiary/aromatic N) is 1. The molecule has 1 aromatic rings. The van der Waals surface area contributed by atoms with Gasteiger partial charge in [-0.05, 0) is 18.9 Å². The lowest BCUT2D eigenvalue weighted by Gasteiger charge is -2.09. The van der Waals surface area contributed by atoms with Gasteiger partial charge in [0.05, 0.1) is 0 Å². The van der Waals surface area contributed by atoms with Gasteiger partial charge in [-0.15, -0.1) is 13.2 Å². The second-order valence-electron chi connectivity index (χ2n) is 2.36. The van der Waals surface area contributed by atoms with Crippen LogP contribution in [-0.4, -0.2) is 18.2 Å². The van der Waals surface area contributed by atoms with E-state index in [4.69, 9.17) is 5.11 Å². The molecular formula is C8H6F3NO2. The Bertz CT molecular complexity index is 349. The van der Waals surface area contributed by atoms with Crippen molar-refractivity contribution in [2.75, 3.05) is 0 Å². The smallest absolute Gasteiger partial charge is 0.506 e. The Morgan fingerprint density at radius 1 is 1.36 bits per heavy atom. The molecular weight excluding hydrogens is 199 g/mol. The summed E-state index contributed by atoms with van der Waals surface area (Å²) in [6.07, 6.45) is -4.75. The van der Waals surface area contributed by atoms with Crippen molar-refractivity contribution in [3.8, 4) is 11.5 Å². The van der Waals surface area contributed by atoms with Crippen molar-refractivity contribution in [1.82, 2.24) is 0 Å². The first kappa shape index (κ1) is 10.4. The lowest BCUT2D eigenvalue weighted by molar-refractivity contribution is -0.274. The van der Waals surface area contributed by atoms with Crippen LogP contribution >= 0.6 is 0 Å². The molecule has 0 heterocycles. The molecule has 0 spiro atoms. The number of alkyl halides is 3. The van der Waals surface area contributed by atoms with E-state index >= 15 is 0 Å². The van der Waals surface area contributed by atoms with E-state index in [-0.39, 0.29) is 11.4 Å². The van der Waals surface area contributed by atoms with Crippen LogP contribution in [0.4, 0.5) is 18.9 Å². The minimum atomic E-state index is -4.75. The zero-order valence-corrected chi connectivity index (χ0v) is 6.88. The number of halogens is 3. The molecule has 76 valence electrons. The quantitative estimate of drug-likeness (QED) is 0.754. The van der Waals surface area contributed by atoms with E-state index in [0.29, 0.717) is 0 Å². The zero-order chi connectivity index (χ0) is 10.8. The van der Waals surface area contributed by atoms with Crippen molar-refractivity contribution in [2.45, 2.75) is 6.36 Å². The van der Waals surface area contributed by atoms with Crippen LogP contribution in [0.15, 0.2) is 23.2 Å². The number of aliphatic imine (C=N–C) groups is 1. The fourth-order valence-electron chi connectivity index (χ4n) is 0.827. The van der Waals surface area contributed by atoms with Crippen LogP contribution in [0.1, 0.15) is 0 Å². The van der Waals surface area contributed by atoms with Gasteiger partial charge in [-0.25, -0.2) is 0 Å². The third-order valence-electron chi connectivity index (χ3n) is 1.35. The maximum atomic E-state index is 11.7. The highest BCUT2D eigenvalue weighted by molar-refractivity contribution is 5.58. The highest BCUT2D eigenvalue weighted by atomic mass is 19.4. The van der Waals surface area contributed by atoms with Crippen LogP contribution < -0.4 is 4.74 Å². The molecule has 0 saturated heterocycles. The Morgan fingerprint density at radius 3 is 2.50 bits per heavy atom. The summed E-state index contributed by atoms with van der Waals surface area (Å²) in [5.41, 5.74) is -0.0632. The first-order chi connectivity index (χ1) is 6.42. The molecule has 0 aromatic heterocycles. The van der Waals surface area contributed by atoms with Crippen LogP contribution in [-0.2, 0) is 0 Å². The van der Waals surface area contributed by atoms with Gasteiger partial charge in [-0.1, -0.05) is 0 Å². The van der Waals surface area contributed by atoms with Crippen molar-refractivity contribution in [3.05, 3.63) is 18.2 Å². The van der Waals surface area contributed by atoms with Crippen LogP contribution in [0.25, 0.3) is 0 Å². The van der Waals surface area contributed by atoms with Gasteiger partial charge >= 0.3 is 6.36 Å². The fraction of sp³-hybridized carbons (Fsp3) is 0.125. The Morgan fingerprint density at radius 2 is 2.00 bits per heavy atom. The van der Waals surface area contributed by atoms with Crippen LogP contribution in [0, 0.1) is 0 Å². The third-order valence-corrected chi connectivity index (χ3v) is 1.35. The van der Waals surface area contributed by atoms with E-state index in [2.05, 4.69) is 16.4 Å². The van der Waals surface area contributed by atoms with Gasteiger partial charge in [-0.2, -0.15) is 0 Å². The Labute approximate surface area is 77.5 Å². The molecule has 1 rings (SSSR count). The van der Waals surface area contributed by atoms with Crippen LogP contribution in [0.3, 0.4) is 0 Å². The van der Waals surface area contributed by atoms with Gasteiger partial charge in [0.2, 0.25) is 0 Å². The summed E-state index contributed by atoms with van der Waals surface area (Å²) in [7, 11) is 0. The first-order valence-electron chi connectivity index (χ1n) is 3.48. The van der Waals surface area contributed by atoms with Gasteiger partial charge in [0, 0.05) is 6.07 Å². The van der Waals surface area contributed by atoms with E-state index in [1.807, 2.05) is 0 Å². The summed E-state index contributed by atoms with van der Waals surface area (Å²) < 4.78 is 38.8. The molecule has 0 radical (unpaired) electrons. The minimum Gasteiger partial charge on any atom is -0.506 e. The van der Waals surface area contributed by atoms with Crippen molar-refractivity contribution in [1.29, 1.82) is 0 Å². The fourth-order valence-corrected chi connectivity index (χ4v) is 0.827. The molecule has 14 heavy (non-hydrogen) atoms. The molecule has 0 amide bonds. The third kappa shape index (κ3) is 2.65. The molecule has 0 fully saturated rings. The molecule has 3 nitrogen and oxygen atoms in total. The molecule has 1 N–H and O–H groups in total. The Balaban J connectivity index is 2.95. The SMILES string of the molecule is C=Nc1cc(OC(F)(F)F)ccc1O. The van der Waals surface area contributed by atoms with Crippen molar-refractivity contribution < 1.29 is 23.0 Å². The summed E-state index contributed by atoms with van der Waals surface area (Å²) in [5.74, 6) is -0.702. The molecule has 0 aliphatic heterocycles. The van der Waals surface area contributed by atoms with E-state index in [1.54, 1.807) is 0 Å². The second kappa shape index (κ2) is 3.57. The van der Waals surface area contributed by atoms with E-state index < -0.39 is 12.1 Å². The number of ether oxygens (including phenoxy) is 1. The van der Waals surface area contributed by atoms with Gasteiger partial charge in [0.25, 0.3) is 0 Å². The molecule has 0 aliphatic rings. The Kier molecular flexibility index (Phi) is 2.64. The van der Waals surface area contributed by atoms with Crippen molar-refractivity contribution in [2.24, 2.45) is 4.99 Å². The topological polar surface area (TPSA) is 41.8 Å². The predicted molar refractivity (Wildman–Crippen MR) is 44.0 cm³/mol. The lowest BCUT2D eigenvalue weighted by Crippen LogP contribution is -2.16. The van der Waals surface area contributed by atoms with Gasteiger partial charge in [-0.3, -0.25) is 4.99 Å². The van der Waals surface area contributed by atoms with Gasteiger partial charge < -0.3 is 9.84 Å². The second-order valence-corrected chi connectivity index (χ2v) is 2.36. The number of hydrogen-bond donors (Lipinski definition) is 1. The average Bonchev–Trinajstić information content (AvgIpc) is 2.06. The number of aromatic hydroxyl groups is 1. The normalized spacial score (nSPS) is 11.1. The maximum Gasteiger partial charge on any atom is 0.573 e. The molecule has 0 aliphatic carbocycles. The van der Waals surface area contributed by atoms with Crippen LogP contribution in [0.5, 0.6) is 11.5 Å². The average molecular weight is 205 g/mol. The zero-order valence-electron chi connectivity index (χ0n) is 6.88. The summed E-state index contributed by atoms with van der Waals surface area (Å²) in [4.78, 5) is 3.31. The molecule has 1 aromatic carbocycles. The molecule has 0 unspecified atom stereocenters. The minimum absolute atomic E-state index is 0.0632. The first-order valence-corrected chi connectivity index (χ1v) is 3.48. The highest BCUT2D eigenvalue weighted by Gasteiger charge is 2.31. The van der Waals surface area contributed by atoms with Gasteiger partial charge in [0.1, 0.15) is 17.2 Å². The number of benzene rings is 1.